The zero-order valence-corrected chi connectivity index (χ0v) is 15.3. The number of hydrogen-bond acceptors (Lipinski definition) is 3. The predicted molar refractivity (Wildman–Crippen MR) is 89.9 cm³/mol. The zero-order chi connectivity index (χ0) is 16.8. The predicted octanol–water partition coefficient (Wildman–Crippen LogP) is 3.74. The number of piperazine rings is 1. The average Bonchev–Trinajstić information content (AvgIpc) is 2.46. The molecule has 1 aromatic carbocycles. The average molecular weight is 385 g/mol. The van der Waals surface area contributed by atoms with E-state index in [4.69, 9.17) is 4.74 Å². The molecule has 1 fully saturated rings. The van der Waals surface area contributed by atoms with Crippen LogP contribution in [0.15, 0.2) is 16.6 Å². The lowest BCUT2D eigenvalue weighted by molar-refractivity contribution is 0.00190. The third-order valence-electron chi connectivity index (χ3n) is 4.35. The van der Waals surface area contributed by atoms with Gasteiger partial charge in [-0.3, -0.25) is 4.90 Å². The smallest absolute Gasteiger partial charge is 0.410 e. The van der Waals surface area contributed by atoms with Gasteiger partial charge in [-0.2, -0.15) is 0 Å². The van der Waals surface area contributed by atoms with E-state index in [2.05, 4.69) is 20.8 Å². The monoisotopic (exact) mass is 384 g/mol. The van der Waals surface area contributed by atoms with E-state index in [1.54, 1.807) is 11.0 Å². The van der Waals surface area contributed by atoms with Gasteiger partial charge in [-0.15, -0.1) is 0 Å². The van der Waals surface area contributed by atoms with Crippen molar-refractivity contribution in [3.05, 3.63) is 33.5 Å². The Morgan fingerprint density at radius 2 is 2.04 bits per heavy atom. The van der Waals surface area contributed by atoms with Crippen LogP contribution in [0.5, 0.6) is 0 Å². The molecule has 0 bridgehead atoms. The summed E-state index contributed by atoms with van der Waals surface area (Å²) in [6.45, 7) is 8.53. The number of benzene rings is 1. The summed E-state index contributed by atoms with van der Waals surface area (Å²) >= 11 is 3.26. The van der Waals surface area contributed by atoms with Crippen LogP contribution in [0.3, 0.4) is 0 Å². The summed E-state index contributed by atoms with van der Waals surface area (Å²) in [5.74, 6) is -0.250. The van der Waals surface area contributed by atoms with Gasteiger partial charge in [-0.1, -0.05) is 0 Å². The van der Waals surface area contributed by atoms with Crippen molar-refractivity contribution < 1.29 is 13.9 Å². The Morgan fingerprint density at radius 3 is 2.74 bits per heavy atom. The molecule has 1 aromatic rings. The molecule has 0 saturated carbocycles. The standard InChI is InChI=1S/C17H22BrFN2O2/c1-17(2,3)23-16(22)21-7-6-20-5-4-11-8-13(18)14(19)9-12(11)15(20)10-21/h8-9,15H,4-7,10H2,1-3H3/t15-/m0/s1. The molecule has 2 aliphatic rings. The number of fused-ring (bicyclic) bond motifs is 3. The number of hydrogen-bond donors (Lipinski definition) is 0. The Hall–Kier alpha value is -1.14. The first-order valence-electron chi connectivity index (χ1n) is 7.94. The summed E-state index contributed by atoms with van der Waals surface area (Å²) < 4.78 is 20.0. The van der Waals surface area contributed by atoms with E-state index >= 15 is 0 Å². The summed E-state index contributed by atoms with van der Waals surface area (Å²) in [4.78, 5) is 16.4. The zero-order valence-electron chi connectivity index (χ0n) is 13.7. The number of ether oxygens (including phenoxy) is 1. The lowest BCUT2D eigenvalue weighted by atomic mass is 9.91. The molecule has 1 saturated heterocycles. The lowest BCUT2D eigenvalue weighted by Gasteiger charge is -2.44. The number of carbonyl (C=O) groups excluding carboxylic acids is 1. The van der Waals surface area contributed by atoms with Crippen molar-refractivity contribution in [2.45, 2.75) is 38.8 Å². The van der Waals surface area contributed by atoms with Crippen molar-refractivity contribution in [3.8, 4) is 0 Å². The van der Waals surface area contributed by atoms with Gasteiger partial charge in [-0.25, -0.2) is 9.18 Å². The first-order valence-corrected chi connectivity index (χ1v) is 8.74. The fourth-order valence-electron chi connectivity index (χ4n) is 3.27. The third kappa shape index (κ3) is 3.53. The molecule has 2 aliphatic heterocycles. The maximum absolute atomic E-state index is 14.0. The van der Waals surface area contributed by atoms with E-state index in [9.17, 15) is 9.18 Å². The van der Waals surface area contributed by atoms with E-state index in [1.807, 2.05) is 26.8 Å². The van der Waals surface area contributed by atoms with Crippen molar-refractivity contribution in [2.75, 3.05) is 26.2 Å². The molecule has 1 atom stereocenters. The molecule has 126 valence electrons. The highest BCUT2D eigenvalue weighted by Gasteiger charge is 2.36. The highest BCUT2D eigenvalue weighted by atomic mass is 79.9. The molecule has 0 radical (unpaired) electrons. The topological polar surface area (TPSA) is 32.8 Å². The fourth-order valence-corrected chi connectivity index (χ4v) is 3.66. The molecule has 1 amide bonds. The van der Waals surface area contributed by atoms with Crippen LogP contribution in [0.4, 0.5) is 9.18 Å². The van der Waals surface area contributed by atoms with Crippen LogP contribution in [0.1, 0.15) is 37.9 Å². The Bertz CT molecular complexity index is 630. The van der Waals surface area contributed by atoms with Gasteiger partial charge >= 0.3 is 6.09 Å². The summed E-state index contributed by atoms with van der Waals surface area (Å²) in [5.41, 5.74) is 1.64. The van der Waals surface area contributed by atoms with E-state index in [-0.39, 0.29) is 18.0 Å². The molecule has 4 nitrogen and oxygen atoms in total. The van der Waals surface area contributed by atoms with Crippen LogP contribution in [-0.4, -0.2) is 47.7 Å². The molecule has 0 unspecified atom stereocenters. The van der Waals surface area contributed by atoms with Gasteiger partial charge in [0.15, 0.2) is 0 Å². The number of carbonyl (C=O) groups is 1. The minimum atomic E-state index is -0.504. The molecule has 23 heavy (non-hydrogen) atoms. The molecular formula is C17H22BrFN2O2. The Labute approximate surface area is 144 Å². The molecule has 0 spiro atoms. The van der Waals surface area contributed by atoms with Crippen molar-refractivity contribution in [1.82, 2.24) is 9.80 Å². The first-order chi connectivity index (χ1) is 10.7. The van der Waals surface area contributed by atoms with Crippen LogP contribution in [0.2, 0.25) is 0 Å². The fraction of sp³-hybridized carbons (Fsp3) is 0.588. The molecule has 0 N–H and O–H groups in total. The van der Waals surface area contributed by atoms with Crippen LogP contribution in [0.25, 0.3) is 0 Å². The lowest BCUT2D eigenvalue weighted by Crippen LogP contribution is -2.53. The quantitative estimate of drug-likeness (QED) is 0.682. The maximum atomic E-state index is 14.0. The van der Waals surface area contributed by atoms with Crippen LogP contribution in [0, 0.1) is 5.82 Å². The molecule has 6 heteroatoms. The molecule has 0 aliphatic carbocycles. The summed E-state index contributed by atoms with van der Waals surface area (Å²) in [6, 6.07) is 3.52. The number of halogens is 2. The van der Waals surface area contributed by atoms with E-state index < -0.39 is 5.60 Å². The van der Waals surface area contributed by atoms with Gasteiger partial charge in [0, 0.05) is 26.2 Å². The second kappa shape index (κ2) is 6.06. The Morgan fingerprint density at radius 1 is 1.30 bits per heavy atom. The SMILES string of the molecule is CC(C)(C)OC(=O)N1CCN2CCc3cc(Br)c(F)cc3[C@@H]2C1. The summed E-state index contributed by atoms with van der Waals surface area (Å²) in [5, 5.41) is 0. The molecule has 3 rings (SSSR count). The van der Waals surface area contributed by atoms with Crippen LogP contribution in [-0.2, 0) is 11.2 Å². The van der Waals surface area contributed by atoms with Gasteiger partial charge in [0.2, 0.25) is 0 Å². The van der Waals surface area contributed by atoms with E-state index in [0.29, 0.717) is 17.6 Å². The normalized spacial score (nSPS) is 21.6. The van der Waals surface area contributed by atoms with Crippen LogP contribution >= 0.6 is 15.9 Å². The summed E-state index contributed by atoms with van der Waals surface area (Å²) in [6.07, 6.45) is 0.624. The van der Waals surface area contributed by atoms with Gasteiger partial charge in [-0.05, 0) is 66.4 Å². The second-order valence-corrected chi connectivity index (χ2v) is 8.05. The molecule has 0 aromatic heterocycles. The van der Waals surface area contributed by atoms with Gasteiger partial charge < -0.3 is 9.64 Å². The Kier molecular flexibility index (Phi) is 4.40. The first kappa shape index (κ1) is 16.7. The van der Waals surface area contributed by atoms with Crippen molar-refractivity contribution >= 4 is 22.0 Å². The van der Waals surface area contributed by atoms with Crippen molar-refractivity contribution in [3.63, 3.8) is 0 Å². The maximum Gasteiger partial charge on any atom is 0.410 e. The molecule has 2 heterocycles. The number of rotatable bonds is 0. The van der Waals surface area contributed by atoms with E-state index in [0.717, 1.165) is 30.6 Å². The Balaban J connectivity index is 1.82. The second-order valence-electron chi connectivity index (χ2n) is 7.19. The highest BCUT2D eigenvalue weighted by molar-refractivity contribution is 9.10. The number of nitrogens with zero attached hydrogens (tertiary/aromatic N) is 2. The van der Waals surface area contributed by atoms with E-state index in [1.165, 1.54) is 0 Å². The largest absolute Gasteiger partial charge is 0.444 e. The number of amides is 1. The van der Waals surface area contributed by atoms with Gasteiger partial charge in [0.25, 0.3) is 0 Å². The summed E-state index contributed by atoms with van der Waals surface area (Å²) in [7, 11) is 0. The van der Waals surface area contributed by atoms with Gasteiger partial charge in [0.1, 0.15) is 11.4 Å². The highest BCUT2D eigenvalue weighted by Crippen LogP contribution is 2.35. The van der Waals surface area contributed by atoms with Crippen molar-refractivity contribution in [2.24, 2.45) is 0 Å². The third-order valence-corrected chi connectivity index (χ3v) is 4.96. The molecular weight excluding hydrogens is 363 g/mol. The van der Waals surface area contributed by atoms with Crippen LogP contribution < -0.4 is 0 Å². The minimum absolute atomic E-state index is 0.0441. The van der Waals surface area contributed by atoms with Gasteiger partial charge in [0.05, 0.1) is 10.5 Å². The minimum Gasteiger partial charge on any atom is -0.444 e. The van der Waals surface area contributed by atoms with Crippen molar-refractivity contribution in [1.29, 1.82) is 0 Å².